The summed E-state index contributed by atoms with van der Waals surface area (Å²) >= 11 is 0. The van der Waals surface area contributed by atoms with Gasteiger partial charge in [-0.25, -0.2) is 0 Å². The maximum atomic E-state index is 10.0. The minimum absolute atomic E-state index is 0.102. The Kier molecular flexibility index (Phi) is 27.9. The lowest BCUT2D eigenvalue weighted by atomic mass is 9.86. The number of ether oxygens (including phenoxy) is 8. The summed E-state index contributed by atoms with van der Waals surface area (Å²) in [7, 11) is 0. The summed E-state index contributed by atoms with van der Waals surface area (Å²) in [6.45, 7) is 17.7. The minimum atomic E-state index is -2.16. The van der Waals surface area contributed by atoms with Crippen LogP contribution >= 0.6 is 0 Å². The van der Waals surface area contributed by atoms with E-state index in [9.17, 15) is 10.2 Å². The van der Waals surface area contributed by atoms with Gasteiger partial charge in [0.15, 0.2) is 0 Å². The quantitative estimate of drug-likeness (QED) is 0.0438. The molecule has 0 amide bonds. The Balaban J connectivity index is 7.10. The Labute approximate surface area is 300 Å². The van der Waals surface area contributed by atoms with Gasteiger partial charge in [-0.1, -0.05) is 77.6 Å². The molecule has 0 aliphatic rings. The van der Waals surface area contributed by atoms with E-state index in [4.69, 9.17) is 43.6 Å². The van der Waals surface area contributed by atoms with E-state index in [1.54, 1.807) is 13.8 Å². The molecule has 0 saturated heterocycles. The van der Waals surface area contributed by atoms with Gasteiger partial charge in [0.2, 0.25) is 5.79 Å². The fourth-order valence-corrected chi connectivity index (χ4v) is 6.60. The zero-order chi connectivity index (χ0) is 37.1. The van der Waals surface area contributed by atoms with Crippen molar-refractivity contribution in [2.75, 3.05) is 52.9 Å². The van der Waals surface area contributed by atoms with E-state index in [1.165, 1.54) is 51.4 Å². The molecule has 4 unspecified atom stereocenters. The molecule has 0 heterocycles. The Morgan fingerprint density at radius 3 is 1.18 bits per heavy atom. The second kappa shape index (κ2) is 28.1. The van der Waals surface area contributed by atoms with Crippen molar-refractivity contribution < 1.29 is 48.1 Å². The first-order valence-corrected chi connectivity index (χ1v) is 19.8. The maximum absolute atomic E-state index is 10.0. The molecular formula is C38H79NO10. The number of aliphatic hydroxyl groups excluding tert-OH is 2. The molecular weight excluding hydrogens is 630 g/mol. The van der Waals surface area contributed by atoms with Crippen molar-refractivity contribution in [3.63, 3.8) is 0 Å². The van der Waals surface area contributed by atoms with Crippen LogP contribution in [0.25, 0.3) is 0 Å². The summed E-state index contributed by atoms with van der Waals surface area (Å²) in [5, 5.41) is 19.9. The van der Waals surface area contributed by atoms with E-state index < -0.39 is 35.5 Å². The molecule has 0 aliphatic carbocycles. The molecule has 0 saturated carbocycles. The standard InChI is InChI=1S/C38H79NO10/c1-10-17-18-19-20-21-22-23-24-25-26-27-30-35(42-11-2,43-12-3)36(44-13-4,48-33(8)28-31-40)37(45-14-5,49-34(9)29-32-41)38(39,46-15-6)47-16-7/h33-34,40-41H,10-32,39H2,1-9H3. The van der Waals surface area contributed by atoms with Gasteiger partial charge in [-0.2, -0.15) is 0 Å². The Morgan fingerprint density at radius 2 is 0.816 bits per heavy atom. The van der Waals surface area contributed by atoms with Gasteiger partial charge in [-0.15, -0.1) is 0 Å². The lowest BCUT2D eigenvalue weighted by Crippen LogP contribution is -2.84. The van der Waals surface area contributed by atoms with Crippen molar-refractivity contribution in [2.24, 2.45) is 5.73 Å². The number of aliphatic hydroxyl groups is 2. The highest BCUT2D eigenvalue weighted by Crippen LogP contribution is 2.53. The molecule has 0 spiro atoms. The number of rotatable bonds is 36. The van der Waals surface area contributed by atoms with E-state index in [0.717, 1.165) is 25.7 Å². The minimum Gasteiger partial charge on any atom is -0.396 e. The molecule has 0 aromatic rings. The Hall–Kier alpha value is -0.440. The highest BCUT2D eigenvalue weighted by Gasteiger charge is 2.79. The van der Waals surface area contributed by atoms with E-state index in [-0.39, 0.29) is 65.7 Å². The van der Waals surface area contributed by atoms with E-state index >= 15 is 0 Å². The van der Waals surface area contributed by atoms with Gasteiger partial charge in [0.25, 0.3) is 11.7 Å². The van der Waals surface area contributed by atoms with Crippen molar-refractivity contribution in [3.8, 4) is 0 Å². The van der Waals surface area contributed by atoms with Crippen molar-refractivity contribution in [1.82, 2.24) is 0 Å². The fraction of sp³-hybridized carbons (Fsp3) is 1.00. The number of hydrogen-bond donors (Lipinski definition) is 3. The second-order valence-electron chi connectivity index (χ2n) is 12.8. The van der Waals surface area contributed by atoms with E-state index in [1.807, 2.05) is 41.5 Å². The Bertz CT molecular complexity index is 750. The van der Waals surface area contributed by atoms with Crippen LogP contribution in [-0.4, -0.2) is 98.5 Å². The number of nitrogens with two attached hydrogens (primary N) is 1. The molecule has 0 rings (SSSR count). The zero-order valence-electron chi connectivity index (χ0n) is 33.2. The Morgan fingerprint density at radius 1 is 0.469 bits per heavy atom. The molecule has 11 nitrogen and oxygen atoms in total. The number of hydrogen-bond acceptors (Lipinski definition) is 11. The molecule has 49 heavy (non-hydrogen) atoms. The maximum Gasteiger partial charge on any atom is 0.301 e. The van der Waals surface area contributed by atoms with Crippen molar-refractivity contribution in [2.45, 2.75) is 194 Å². The van der Waals surface area contributed by atoms with Crippen LogP contribution in [0.3, 0.4) is 0 Å². The molecule has 0 bridgehead atoms. The van der Waals surface area contributed by atoms with Crippen molar-refractivity contribution >= 4 is 0 Å². The van der Waals surface area contributed by atoms with E-state index in [0.29, 0.717) is 6.42 Å². The average molecular weight is 710 g/mol. The summed E-state index contributed by atoms with van der Waals surface area (Å²) < 4.78 is 53.3. The van der Waals surface area contributed by atoms with Gasteiger partial charge >= 0.3 is 5.79 Å². The zero-order valence-corrected chi connectivity index (χ0v) is 33.2. The van der Waals surface area contributed by atoms with Gasteiger partial charge in [-0.05, 0) is 74.7 Å². The van der Waals surface area contributed by atoms with Gasteiger partial charge in [0, 0.05) is 59.3 Å². The molecule has 0 radical (unpaired) electrons. The monoisotopic (exact) mass is 710 g/mol. The third kappa shape index (κ3) is 14.8. The lowest BCUT2D eigenvalue weighted by Gasteiger charge is -2.60. The average Bonchev–Trinajstić information content (AvgIpc) is 3.05. The van der Waals surface area contributed by atoms with Crippen molar-refractivity contribution in [3.05, 3.63) is 0 Å². The summed E-state index contributed by atoms with van der Waals surface area (Å²) in [5.74, 6) is -7.93. The molecule has 0 aromatic carbocycles. The summed E-state index contributed by atoms with van der Waals surface area (Å²) in [5.41, 5.74) is 7.17. The van der Waals surface area contributed by atoms with Gasteiger partial charge in [-0.3, -0.25) is 5.73 Å². The largest absolute Gasteiger partial charge is 0.396 e. The molecule has 4 N–H and O–H groups in total. The first-order chi connectivity index (χ1) is 23.6. The van der Waals surface area contributed by atoms with Gasteiger partial charge < -0.3 is 48.1 Å². The third-order valence-electron chi connectivity index (χ3n) is 8.73. The highest BCUT2D eigenvalue weighted by atomic mass is 16.9. The summed E-state index contributed by atoms with van der Waals surface area (Å²) in [6, 6.07) is 0. The van der Waals surface area contributed by atoms with Crippen LogP contribution < -0.4 is 5.73 Å². The third-order valence-corrected chi connectivity index (χ3v) is 8.73. The number of unbranched alkanes of at least 4 members (excludes halogenated alkanes) is 11. The summed E-state index contributed by atoms with van der Waals surface area (Å²) in [6.07, 6.45) is 14.0. The van der Waals surface area contributed by atoms with Crippen LogP contribution in [0.1, 0.15) is 159 Å². The fourth-order valence-electron chi connectivity index (χ4n) is 6.60. The second-order valence-corrected chi connectivity index (χ2v) is 12.8. The van der Waals surface area contributed by atoms with Gasteiger partial charge in [0.1, 0.15) is 0 Å². The molecule has 296 valence electrons. The molecule has 4 atom stereocenters. The first-order valence-electron chi connectivity index (χ1n) is 19.8. The highest BCUT2D eigenvalue weighted by molar-refractivity contribution is 5.08. The lowest BCUT2D eigenvalue weighted by molar-refractivity contribution is -0.553. The SMILES string of the molecule is CCCCCCCCCCCCCCC(OCC)(OCC)C(OCC)(OC(C)CCO)C(OCC)(OC(C)CCO)C(N)(OCC)OCC. The smallest absolute Gasteiger partial charge is 0.301 e. The normalized spacial score (nSPS) is 16.4. The van der Waals surface area contributed by atoms with Crippen LogP contribution in [0.4, 0.5) is 0 Å². The van der Waals surface area contributed by atoms with Gasteiger partial charge in [0.05, 0.1) is 12.2 Å². The molecule has 0 aliphatic heterocycles. The summed E-state index contributed by atoms with van der Waals surface area (Å²) in [4.78, 5) is 0. The topological polar surface area (TPSA) is 140 Å². The van der Waals surface area contributed by atoms with Crippen LogP contribution in [-0.2, 0) is 37.9 Å². The van der Waals surface area contributed by atoms with Crippen LogP contribution in [0.5, 0.6) is 0 Å². The van der Waals surface area contributed by atoms with E-state index in [2.05, 4.69) is 6.92 Å². The van der Waals surface area contributed by atoms with Crippen molar-refractivity contribution in [1.29, 1.82) is 0 Å². The van der Waals surface area contributed by atoms with Crippen LogP contribution in [0.15, 0.2) is 0 Å². The first kappa shape index (κ1) is 48.6. The predicted octanol–water partition coefficient (Wildman–Crippen LogP) is 7.57. The van der Waals surface area contributed by atoms with Crippen LogP contribution in [0, 0.1) is 0 Å². The molecule has 0 fully saturated rings. The van der Waals surface area contributed by atoms with Crippen LogP contribution in [0.2, 0.25) is 0 Å². The predicted molar refractivity (Wildman–Crippen MR) is 195 cm³/mol. The molecule has 11 heteroatoms. The molecule has 0 aromatic heterocycles.